The first kappa shape index (κ1) is 27.1. The van der Waals surface area contributed by atoms with Crippen molar-refractivity contribution in [1.82, 2.24) is 5.32 Å². The van der Waals surface area contributed by atoms with Crippen LogP contribution < -0.4 is 19.1 Å². The molecule has 3 aromatic carbocycles. The minimum absolute atomic E-state index is 0.170. The highest BCUT2D eigenvalue weighted by molar-refractivity contribution is 7.92. The molecule has 0 unspecified atom stereocenters. The zero-order valence-corrected chi connectivity index (χ0v) is 22.3. The van der Waals surface area contributed by atoms with Crippen LogP contribution in [0.4, 0.5) is 5.69 Å². The second-order valence-corrected chi connectivity index (χ2v) is 10.8. The summed E-state index contributed by atoms with van der Waals surface area (Å²) in [4.78, 5) is 12.5. The number of nitrogens with zero attached hydrogens (tertiary/aromatic N) is 1. The van der Waals surface area contributed by atoms with Crippen LogP contribution in [0.2, 0.25) is 0 Å². The fourth-order valence-electron chi connectivity index (χ4n) is 3.90. The number of nitrogens with one attached hydrogen (secondary N) is 1. The van der Waals surface area contributed by atoms with E-state index in [4.69, 9.17) is 9.47 Å². The molecule has 7 nitrogen and oxygen atoms in total. The number of hydrogen-bond acceptors (Lipinski definition) is 5. The van der Waals surface area contributed by atoms with Gasteiger partial charge in [-0.1, -0.05) is 50.2 Å². The first-order valence-corrected chi connectivity index (χ1v) is 13.7. The van der Waals surface area contributed by atoms with Gasteiger partial charge >= 0.3 is 0 Å². The third-order valence-corrected chi connectivity index (χ3v) is 6.89. The number of amides is 1. The standard InChI is InChI=1S/C28H34N2O5S/c1-20(2)26-11-6-8-21(3)27(26)30(36(5,32)33)19-22-12-14-23(15-13-22)28(31)29-16-17-35-25-10-7-9-24(18-25)34-4/h6-15,18,20H,16-17,19H2,1-5H3,(H,29,31). The van der Waals surface area contributed by atoms with Crippen LogP contribution in [0.25, 0.3) is 0 Å². The minimum atomic E-state index is -3.53. The van der Waals surface area contributed by atoms with Gasteiger partial charge in [-0.3, -0.25) is 9.10 Å². The van der Waals surface area contributed by atoms with Gasteiger partial charge in [-0.05, 0) is 53.8 Å². The van der Waals surface area contributed by atoms with Gasteiger partial charge in [-0.25, -0.2) is 8.42 Å². The Morgan fingerprint density at radius 2 is 1.67 bits per heavy atom. The van der Waals surface area contributed by atoms with Crippen molar-refractivity contribution >= 4 is 21.6 Å². The molecule has 36 heavy (non-hydrogen) atoms. The van der Waals surface area contributed by atoms with Gasteiger partial charge in [0.25, 0.3) is 5.91 Å². The smallest absolute Gasteiger partial charge is 0.251 e. The maximum Gasteiger partial charge on any atom is 0.251 e. The molecule has 0 aliphatic rings. The highest BCUT2D eigenvalue weighted by Gasteiger charge is 2.23. The molecule has 0 aromatic heterocycles. The highest BCUT2D eigenvalue weighted by Crippen LogP contribution is 2.33. The largest absolute Gasteiger partial charge is 0.497 e. The molecule has 0 radical (unpaired) electrons. The van der Waals surface area contributed by atoms with Gasteiger partial charge in [0.15, 0.2) is 0 Å². The monoisotopic (exact) mass is 510 g/mol. The number of benzene rings is 3. The number of carbonyl (C=O) groups is 1. The number of anilines is 1. The molecule has 3 rings (SSSR count). The van der Waals surface area contributed by atoms with Crippen molar-refractivity contribution in [3.63, 3.8) is 0 Å². The maximum absolute atomic E-state index is 12.8. The first-order valence-electron chi connectivity index (χ1n) is 11.8. The zero-order valence-electron chi connectivity index (χ0n) is 21.4. The lowest BCUT2D eigenvalue weighted by molar-refractivity contribution is 0.0947. The van der Waals surface area contributed by atoms with E-state index in [2.05, 4.69) is 5.32 Å². The van der Waals surface area contributed by atoms with Crippen LogP contribution in [0, 0.1) is 6.92 Å². The molecule has 0 fully saturated rings. The Hall–Kier alpha value is -3.52. The van der Waals surface area contributed by atoms with E-state index < -0.39 is 10.0 Å². The van der Waals surface area contributed by atoms with Gasteiger partial charge in [0.1, 0.15) is 18.1 Å². The fraction of sp³-hybridized carbons (Fsp3) is 0.321. The van der Waals surface area contributed by atoms with Crippen molar-refractivity contribution in [3.8, 4) is 11.5 Å². The Labute approximate surface area is 214 Å². The zero-order chi connectivity index (χ0) is 26.3. The lowest BCUT2D eigenvalue weighted by atomic mass is 9.98. The minimum Gasteiger partial charge on any atom is -0.497 e. The maximum atomic E-state index is 12.8. The number of hydrogen-bond donors (Lipinski definition) is 1. The SMILES string of the molecule is COc1cccc(OCCNC(=O)c2ccc(CN(c3c(C)cccc3C(C)C)S(C)(=O)=O)cc2)c1. The van der Waals surface area contributed by atoms with Gasteiger partial charge in [0.2, 0.25) is 10.0 Å². The van der Waals surface area contributed by atoms with Crippen molar-refractivity contribution in [1.29, 1.82) is 0 Å². The van der Waals surface area contributed by atoms with Gasteiger partial charge < -0.3 is 14.8 Å². The third kappa shape index (κ3) is 7.01. The van der Waals surface area contributed by atoms with E-state index in [0.29, 0.717) is 35.9 Å². The summed E-state index contributed by atoms with van der Waals surface area (Å²) in [5.74, 6) is 1.31. The topological polar surface area (TPSA) is 84.9 Å². The number of sulfonamides is 1. The molecule has 0 saturated heterocycles. The molecular weight excluding hydrogens is 476 g/mol. The van der Waals surface area contributed by atoms with Crippen LogP contribution in [0.3, 0.4) is 0 Å². The second kappa shape index (κ2) is 11.9. The summed E-state index contributed by atoms with van der Waals surface area (Å²) in [5.41, 5.74) is 3.88. The summed E-state index contributed by atoms with van der Waals surface area (Å²) in [6.45, 7) is 6.85. The van der Waals surface area contributed by atoms with Gasteiger partial charge in [0, 0.05) is 11.6 Å². The lowest BCUT2D eigenvalue weighted by Crippen LogP contribution is -2.31. The number of rotatable bonds is 11. The summed E-state index contributed by atoms with van der Waals surface area (Å²) < 4.78 is 37.8. The number of para-hydroxylation sites is 1. The molecule has 0 heterocycles. The highest BCUT2D eigenvalue weighted by atomic mass is 32.2. The Morgan fingerprint density at radius 3 is 2.31 bits per heavy atom. The first-order chi connectivity index (χ1) is 17.1. The van der Waals surface area contributed by atoms with Crippen LogP contribution in [-0.4, -0.2) is 40.8 Å². The molecule has 0 aliphatic heterocycles. The molecule has 1 N–H and O–H groups in total. The molecule has 0 saturated carbocycles. The molecule has 0 spiro atoms. The van der Waals surface area contributed by atoms with Crippen molar-refractivity contribution in [3.05, 3.63) is 89.0 Å². The summed E-state index contributed by atoms with van der Waals surface area (Å²) >= 11 is 0. The van der Waals surface area contributed by atoms with Gasteiger partial charge in [-0.2, -0.15) is 0 Å². The predicted molar refractivity (Wildman–Crippen MR) is 144 cm³/mol. The average Bonchev–Trinajstić information content (AvgIpc) is 2.85. The van der Waals surface area contributed by atoms with Crippen LogP contribution in [0.5, 0.6) is 11.5 Å². The lowest BCUT2D eigenvalue weighted by Gasteiger charge is -2.28. The van der Waals surface area contributed by atoms with Crippen molar-refractivity contribution in [2.45, 2.75) is 33.2 Å². The van der Waals surface area contributed by atoms with Crippen LogP contribution in [0.15, 0.2) is 66.7 Å². The molecule has 0 bridgehead atoms. The molecule has 8 heteroatoms. The summed E-state index contributed by atoms with van der Waals surface area (Å²) in [7, 11) is -1.94. The van der Waals surface area contributed by atoms with Crippen molar-refractivity contribution < 1.29 is 22.7 Å². The Balaban J connectivity index is 1.65. The summed E-state index contributed by atoms with van der Waals surface area (Å²) in [6.07, 6.45) is 1.22. The Bertz CT molecular complexity index is 1290. The van der Waals surface area contributed by atoms with E-state index >= 15 is 0 Å². The molecular formula is C28H34N2O5S. The molecule has 0 aliphatic carbocycles. The average molecular weight is 511 g/mol. The van der Waals surface area contributed by atoms with E-state index in [-0.39, 0.29) is 18.4 Å². The fourth-order valence-corrected chi connectivity index (χ4v) is 4.87. The molecule has 192 valence electrons. The van der Waals surface area contributed by atoms with Crippen LogP contribution in [0.1, 0.15) is 46.8 Å². The third-order valence-electron chi connectivity index (χ3n) is 5.78. The molecule has 1 amide bonds. The van der Waals surface area contributed by atoms with E-state index in [1.54, 1.807) is 37.4 Å². The quantitative estimate of drug-likeness (QED) is 0.371. The normalized spacial score (nSPS) is 11.3. The molecule has 3 aromatic rings. The van der Waals surface area contributed by atoms with Crippen molar-refractivity contribution in [2.24, 2.45) is 0 Å². The number of methoxy groups -OCH3 is 1. The van der Waals surface area contributed by atoms with E-state index in [1.807, 2.05) is 57.2 Å². The Kier molecular flexibility index (Phi) is 8.98. The number of carbonyl (C=O) groups excluding carboxylic acids is 1. The van der Waals surface area contributed by atoms with Gasteiger partial charge in [-0.15, -0.1) is 0 Å². The van der Waals surface area contributed by atoms with Crippen LogP contribution >= 0.6 is 0 Å². The number of aryl methyl sites for hydroxylation is 1. The van der Waals surface area contributed by atoms with Gasteiger partial charge in [0.05, 0.1) is 32.1 Å². The molecule has 0 atom stereocenters. The van der Waals surface area contributed by atoms with Crippen LogP contribution in [-0.2, 0) is 16.6 Å². The van der Waals surface area contributed by atoms with E-state index in [9.17, 15) is 13.2 Å². The van der Waals surface area contributed by atoms with E-state index in [1.165, 1.54) is 10.6 Å². The summed E-state index contributed by atoms with van der Waals surface area (Å²) in [5, 5.41) is 2.83. The predicted octanol–water partition coefficient (Wildman–Crippen LogP) is 4.90. The van der Waals surface area contributed by atoms with Crippen molar-refractivity contribution in [2.75, 3.05) is 30.8 Å². The Morgan fingerprint density at radius 1 is 1.00 bits per heavy atom. The second-order valence-electron chi connectivity index (χ2n) is 8.92. The summed E-state index contributed by atoms with van der Waals surface area (Å²) in [6, 6.07) is 20.1. The van der Waals surface area contributed by atoms with E-state index in [0.717, 1.165) is 16.7 Å². The number of ether oxygens (including phenoxy) is 2.